The number of carbonyl (C=O) groups is 1. The van der Waals surface area contributed by atoms with Crippen LogP contribution < -0.4 is 29.7 Å². The summed E-state index contributed by atoms with van der Waals surface area (Å²) in [5.74, 6) is -1.24. The quantitative estimate of drug-likeness (QED) is 0.329. The Morgan fingerprint density at radius 2 is 1.91 bits per heavy atom. The molecule has 1 aromatic carbocycles. The van der Waals surface area contributed by atoms with Crippen LogP contribution in [0.4, 0.5) is 5.69 Å². The summed E-state index contributed by atoms with van der Waals surface area (Å²) in [6.07, 6.45) is 0. The van der Waals surface area contributed by atoms with Crippen molar-refractivity contribution in [2.24, 2.45) is 0 Å². The molecule has 0 heterocycles. The van der Waals surface area contributed by atoms with E-state index in [0.29, 0.717) is 0 Å². The predicted molar refractivity (Wildman–Crippen MR) is 35.2 cm³/mol. The molecule has 4 heteroatoms. The number of anilines is 1. The number of aromatic carboxylic acids is 1. The van der Waals surface area contributed by atoms with Gasteiger partial charge in [0.05, 0.1) is 5.97 Å². The van der Waals surface area contributed by atoms with E-state index in [2.05, 4.69) is 0 Å². The molecule has 0 saturated carbocycles. The molecule has 0 aliphatic rings. The van der Waals surface area contributed by atoms with Crippen LogP contribution in [0, 0.1) is 0 Å². The first-order chi connectivity index (χ1) is 4.72. The molecule has 1 aromatic rings. The molecule has 0 bridgehead atoms. The Balaban J connectivity index is 0.000001000. The monoisotopic (exact) mass is 143 g/mol. The molecule has 52 valence electrons. The van der Waals surface area contributed by atoms with Crippen molar-refractivity contribution in [3.63, 3.8) is 0 Å². The molecule has 11 heavy (non-hydrogen) atoms. The molecule has 3 nitrogen and oxygen atoms in total. The summed E-state index contributed by atoms with van der Waals surface area (Å²) >= 11 is 0. The molecule has 2 N–H and O–H groups in total. The molecular weight excluding hydrogens is 137 g/mol. The number of carboxylic acid groups (broad SMARTS) is 1. The molecule has 0 aliphatic heterocycles. The Hall–Kier alpha value is -0.913. The standard InChI is InChI=1S/C7H7NO2.Li/c8-6-4-2-1-3-5(6)7(9)10;/h1-4H,8H2,(H,9,10);/q;+1/p-1. The fourth-order valence-corrected chi connectivity index (χ4v) is 0.683. The average molecular weight is 143 g/mol. The van der Waals surface area contributed by atoms with Gasteiger partial charge < -0.3 is 15.6 Å². The van der Waals surface area contributed by atoms with Crippen molar-refractivity contribution < 1.29 is 28.8 Å². The van der Waals surface area contributed by atoms with Crippen LogP contribution in [0.3, 0.4) is 0 Å². The summed E-state index contributed by atoms with van der Waals surface area (Å²) in [7, 11) is 0. The van der Waals surface area contributed by atoms with Crippen molar-refractivity contribution in [1.82, 2.24) is 0 Å². The molecular formula is C7H6LiNO2. The van der Waals surface area contributed by atoms with Crippen molar-refractivity contribution >= 4 is 11.7 Å². The van der Waals surface area contributed by atoms with Crippen molar-refractivity contribution in [1.29, 1.82) is 0 Å². The van der Waals surface area contributed by atoms with E-state index in [-0.39, 0.29) is 30.1 Å². The van der Waals surface area contributed by atoms with Crippen LogP contribution >= 0.6 is 0 Å². The van der Waals surface area contributed by atoms with Crippen LogP contribution in [-0.4, -0.2) is 5.97 Å². The van der Waals surface area contributed by atoms with Gasteiger partial charge in [0.25, 0.3) is 0 Å². The zero-order valence-electron chi connectivity index (χ0n) is 6.20. The van der Waals surface area contributed by atoms with Crippen molar-refractivity contribution in [3.05, 3.63) is 29.8 Å². The molecule has 0 spiro atoms. The third-order valence-corrected chi connectivity index (χ3v) is 1.18. The molecule has 0 amide bonds. The van der Waals surface area contributed by atoms with Gasteiger partial charge in [0, 0.05) is 11.3 Å². The maximum Gasteiger partial charge on any atom is 1.00 e. The van der Waals surface area contributed by atoms with E-state index in [1.54, 1.807) is 12.1 Å². The Morgan fingerprint density at radius 1 is 1.36 bits per heavy atom. The molecule has 0 aliphatic carbocycles. The van der Waals surface area contributed by atoms with E-state index in [4.69, 9.17) is 5.73 Å². The van der Waals surface area contributed by atoms with Crippen LogP contribution in [-0.2, 0) is 0 Å². The van der Waals surface area contributed by atoms with Gasteiger partial charge in [0.1, 0.15) is 0 Å². The zero-order chi connectivity index (χ0) is 7.56. The van der Waals surface area contributed by atoms with Crippen LogP contribution in [0.25, 0.3) is 0 Å². The van der Waals surface area contributed by atoms with Gasteiger partial charge in [-0.05, 0) is 6.07 Å². The van der Waals surface area contributed by atoms with Gasteiger partial charge in [0.15, 0.2) is 0 Å². The minimum Gasteiger partial charge on any atom is -0.545 e. The number of hydrogen-bond acceptors (Lipinski definition) is 3. The SMILES string of the molecule is Nc1ccccc1C(=O)[O-].[Li+]. The summed E-state index contributed by atoms with van der Waals surface area (Å²) in [6.45, 7) is 0. The summed E-state index contributed by atoms with van der Waals surface area (Å²) in [6, 6.07) is 6.19. The second-order valence-corrected chi connectivity index (χ2v) is 1.87. The number of carboxylic acids is 1. The number of hydrogen-bond donors (Lipinski definition) is 1. The van der Waals surface area contributed by atoms with Gasteiger partial charge in [-0.1, -0.05) is 18.2 Å². The first-order valence-electron chi connectivity index (χ1n) is 2.77. The van der Waals surface area contributed by atoms with Gasteiger partial charge in [-0.15, -0.1) is 0 Å². The zero-order valence-corrected chi connectivity index (χ0v) is 6.20. The van der Waals surface area contributed by atoms with E-state index in [0.717, 1.165) is 0 Å². The number of benzene rings is 1. The maximum absolute atomic E-state index is 10.2. The Labute approximate surface area is 76.4 Å². The predicted octanol–water partition coefficient (Wildman–Crippen LogP) is -3.36. The Bertz CT molecular complexity index is 262. The van der Waals surface area contributed by atoms with E-state index in [1.165, 1.54) is 12.1 Å². The number of para-hydroxylation sites is 1. The van der Waals surface area contributed by atoms with Crippen molar-refractivity contribution in [3.8, 4) is 0 Å². The molecule has 0 radical (unpaired) electrons. The minimum atomic E-state index is -1.24. The first kappa shape index (κ1) is 10.1. The first-order valence-corrected chi connectivity index (χ1v) is 2.77. The van der Waals surface area contributed by atoms with Crippen LogP contribution in [0.5, 0.6) is 0 Å². The summed E-state index contributed by atoms with van der Waals surface area (Å²) in [5.41, 5.74) is 5.58. The third-order valence-electron chi connectivity index (χ3n) is 1.18. The van der Waals surface area contributed by atoms with Crippen molar-refractivity contribution in [2.45, 2.75) is 0 Å². The summed E-state index contributed by atoms with van der Waals surface area (Å²) in [4.78, 5) is 10.2. The molecule has 1 rings (SSSR count). The van der Waals surface area contributed by atoms with Crippen LogP contribution in [0.2, 0.25) is 0 Å². The van der Waals surface area contributed by atoms with Gasteiger partial charge in [-0.25, -0.2) is 0 Å². The van der Waals surface area contributed by atoms with Gasteiger partial charge in [-0.2, -0.15) is 0 Å². The smallest absolute Gasteiger partial charge is 0.545 e. The van der Waals surface area contributed by atoms with E-state index in [1.807, 2.05) is 0 Å². The largest absolute Gasteiger partial charge is 1.00 e. The van der Waals surface area contributed by atoms with E-state index >= 15 is 0 Å². The third kappa shape index (κ3) is 2.30. The number of carbonyl (C=O) groups excluding carboxylic acids is 1. The second-order valence-electron chi connectivity index (χ2n) is 1.87. The summed E-state index contributed by atoms with van der Waals surface area (Å²) < 4.78 is 0. The number of rotatable bonds is 1. The second kappa shape index (κ2) is 4.07. The topological polar surface area (TPSA) is 66.2 Å². The molecule has 0 unspecified atom stereocenters. The van der Waals surface area contributed by atoms with Gasteiger partial charge >= 0.3 is 18.9 Å². The maximum atomic E-state index is 10.2. The van der Waals surface area contributed by atoms with E-state index in [9.17, 15) is 9.90 Å². The average Bonchev–Trinajstić information content (AvgIpc) is 1.88. The van der Waals surface area contributed by atoms with Gasteiger partial charge in [-0.3, -0.25) is 0 Å². The Morgan fingerprint density at radius 3 is 2.27 bits per heavy atom. The normalized spacial score (nSPS) is 8.36. The molecule has 0 saturated heterocycles. The minimum absolute atomic E-state index is 0. The molecule has 0 fully saturated rings. The Kier molecular flexibility index (Phi) is 3.73. The number of nitrogen functional groups attached to an aromatic ring is 1. The van der Waals surface area contributed by atoms with Gasteiger partial charge in [0.2, 0.25) is 0 Å². The fraction of sp³-hybridized carbons (Fsp3) is 0. The summed E-state index contributed by atoms with van der Waals surface area (Å²) in [5, 5.41) is 10.2. The van der Waals surface area contributed by atoms with Crippen molar-refractivity contribution in [2.75, 3.05) is 5.73 Å². The fourth-order valence-electron chi connectivity index (χ4n) is 0.683. The molecule has 0 atom stereocenters. The number of nitrogens with two attached hydrogens (primary N) is 1. The van der Waals surface area contributed by atoms with Crippen LogP contribution in [0.15, 0.2) is 24.3 Å². The van der Waals surface area contributed by atoms with E-state index < -0.39 is 5.97 Å². The van der Waals surface area contributed by atoms with Crippen LogP contribution in [0.1, 0.15) is 10.4 Å². The molecule has 0 aromatic heterocycles.